The molecule has 0 aliphatic rings. The van der Waals surface area contributed by atoms with Crippen LogP contribution in [0, 0.1) is 5.41 Å². The van der Waals surface area contributed by atoms with E-state index in [0.717, 1.165) is 11.1 Å². The van der Waals surface area contributed by atoms with Crippen LogP contribution in [0.25, 0.3) is 0 Å². The van der Waals surface area contributed by atoms with E-state index in [1.165, 1.54) is 0 Å². The molecule has 0 heterocycles. The van der Waals surface area contributed by atoms with Crippen molar-refractivity contribution >= 4 is 11.8 Å². The van der Waals surface area contributed by atoms with E-state index in [1.54, 1.807) is 38.1 Å². The lowest BCUT2D eigenvalue weighted by Gasteiger charge is -2.39. The molecule has 0 unspecified atom stereocenters. The summed E-state index contributed by atoms with van der Waals surface area (Å²) in [6.07, 6.45) is 3.44. The minimum Gasteiger partial charge on any atom is -0.392 e. The van der Waals surface area contributed by atoms with Crippen molar-refractivity contribution in [3.8, 4) is 0 Å². The Morgan fingerprint density at radius 1 is 1.12 bits per heavy atom. The molecule has 1 rings (SSSR count). The largest absolute Gasteiger partial charge is 0.392 e. The van der Waals surface area contributed by atoms with Gasteiger partial charge < -0.3 is 20.6 Å². The van der Waals surface area contributed by atoms with Gasteiger partial charge >= 0.3 is 0 Å². The second-order valence-corrected chi connectivity index (χ2v) is 9.96. The lowest BCUT2D eigenvalue weighted by molar-refractivity contribution is -0.139. The first-order valence-electron chi connectivity index (χ1n) is 11.0. The van der Waals surface area contributed by atoms with Crippen LogP contribution < -0.4 is 10.6 Å². The number of amides is 2. The lowest BCUT2D eigenvalue weighted by Crippen LogP contribution is -2.61. The summed E-state index contributed by atoms with van der Waals surface area (Å²) in [6, 6.07) is 8.18. The molecule has 32 heavy (non-hydrogen) atoms. The highest BCUT2D eigenvalue weighted by molar-refractivity contribution is 5.91. The van der Waals surface area contributed by atoms with Crippen LogP contribution in [0.1, 0.15) is 47.1 Å². The third-order valence-electron chi connectivity index (χ3n) is 5.93. The van der Waals surface area contributed by atoms with Gasteiger partial charge in [0.2, 0.25) is 11.8 Å². The molecule has 0 spiro atoms. The van der Waals surface area contributed by atoms with Crippen LogP contribution in [0.4, 0.5) is 0 Å². The number of nitrogens with zero attached hydrogens (tertiary/aromatic N) is 1. The van der Waals surface area contributed by atoms with Gasteiger partial charge in [-0.2, -0.15) is 0 Å². The average Bonchev–Trinajstić information content (AvgIpc) is 2.74. The van der Waals surface area contributed by atoms with Gasteiger partial charge in [-0.1, -0.05) is 77.1 Å². The Morgan fingerprint density at radius 2 is 1.69 bits per heavy atom. The zero-order valence-electron chi connectivity index (χ0n) is 20.9. The maximum absolute atomic E-state index is 13.5. The van der Waals surface area contributed by atoms with Crippen molar-refractivity contribution in [2.75, 3.05) is 20.7 Å². The van der Waals surface area contributed by atoms with E-state index in [4.69, 9.17) is 0 Å². The first kappa shape index (κ1) is 27.6. The lowest BCUT2D eigenvalue weighted by atomic mass is 9.76. The van der Waals surface area contributed by atoms with E-state index >= 15 is 0 Å². The first-order valence-corrected chi connectivity index (χ1v) is 11.0. The molecule has 0 saturated heterocycles. The molecule has 2 amide bonds. The Hall–Kier alpha value is -2.44. The maximum Gasteiger partial charge on any atom is 0.246 e. The van der Waals surface area contributed by atoms with Crippen LogP contribution in [0.5, 0.6) is 0 Å². The minimum absolute atomic E-state index is 0.0930. The molecule has 178 valence electrons. The molecule has 0 aliphatic heterocycles. The van der Waals surface area contributed by atoms with Crippen molar-refractivity contribution in [1.29, 1.82) is 0 Å². The first-order chi connectivity index (χ1) is 14.8. The second kappa shape index (κ2) is 11.4. The smallest absolute Gasteiger partial charge is 0.246 e. The summed E-state index contributed by atoms with van der Waals surface area (Å²) in [7, 11) is 3.44. The fourth-order valence-electron chi connectivity index (χ4n) is 3.76. The zero-order valence-corrected chi connectivity index (χ0v) is 20.9. The van der Waals surface area contributed by atoms with E-state index in [9.17, 15) is 14.7 Å². The molecule has 3 N–H and O–H groups in total. The van der Waals surface area contributed by atoms with Gasteiger partial charge in [0.25, 0.3) is 0 Å². The predicted octanol–water partition coefficient (Wildman–Crippen LogP) is 3.03. The van der Waals surface area contributed by atoms with Crippen LogP contribution in [0.15, 0.2) is 54.6 Å². The Balaban J connectivity index is 3.21. The second-order valence-electron chi connectivity index (χ2n) is 9.96. The normalized spacial score (nSPS) is 15.5. The number of rotatable bonds is 10. The summed E-state index contributed by atoms with van der Waals surface area (Å²) in [5.74, 6) is -0.453. The quantitative estimate of drug-likeness (QED) is 0.486. The molecule has 3 atom stereocenters. The standard InChI is InChI=1S/C26H41N3O3/c1-10-20(16-18(2)17-30)29(9)24(32)22(25(3,4)5)28-23(31)21(27-8)26(6,7)19-14-12-11-13-15-19/h10-16,20-22,27,30H,1,17H2,2-9H3,(H,28,31)/b18-16+/t20-,21+,22+/m0/s1. The Bertz CT molecular complexity index is 809. The van der Waals surface area contributed by atoms with E-state index < -0.39 is 29.0 Å². The van der Waals surface area contributed by atoms with Gasteiger partial charge in [-0.25, -0.2) is 0 Å². The van der Waals surface area contributed by atoms with Crippen LogP contribution in [0.2, 0.25) is 0 Å². The van der Waals surface area contributed by atoms with Gasteiger partial charge in [-0.3, -0.25) is 9.59 Å². The van der Waals surface area contributed by atoms with Crippen LogP contribution in [-0.4, -0.2) is 60.6 Å². The fourth-order valence-corrected chi connectivity index (χ4v) is 3.76. The molecular formula is C26H41N3O3. The summed E-state index contributed by atoms with van der Waals surface area (Å²) >= 11 is 0. The number of aliphatic hydroxyl groups excluding tert-OH is 1. The summed E-state index contributed by atoms with van der Waals surface area (Å²) in [4.78, 5) is 28.5. The number of carbonyl (C=O) groups excluding carboxylic acids is 2. The zero-order chi connectivity index (χ0) is 24.7. The van der Waals surface area contributed by atoms with E-state index in [-0.39, 0.29) is 18.4 Å². The molecule has 0 aliphatic carbocycles. The molecule has 0 fully saturated rings. The Labute approximate surface area is 193 Å². The Kier molecular flexibility index (Phi) is 9.86. The van der Waals surface area contributed by atoms with Crippen molar-refractivity contribution in [3.05, 3.63) is 60.2 Å². The van der Waals surface area contributed by atoms with Crippen molar-refractivity contribution in [3.63, 3.8) is 0 Å². The van der Waals surface area contributed by atoms with Crippen molar-refractivity contribution in [1.82, 2.24) is 15.5 Å². The number of carbonyl (C=O) groups is 2. The fraction of sp³-hybridized carbons (Fsp3) is 0.538. The van der Waals surface area contributed by atoms with Crippen LogP contribution in [-0.2, 0) is 15.0 Å². The van der Waals surface area contributed by atoms with E-state index in [1.807, 2.05) is 65.0 Å². The monoisotopic (exact) mass is 443 g/mol. The SMILES string of the molecule is C=C[C@@H](/C=C(\C)CO)N(C)C(=O)[C@@H](NC(=O)[C@@H](NC)C(C)(C)c1ccccc1)C(C)(C)C. The highest BCUT2D eigenvalue weighted by atomic mass is 16.3. The third kappa shape index (κ3) is 6.78. The molecule has 6 heteroatoms. The molecule has 0 bridgehead atoms. The molecular weight excluding hydrogens is 402 g/mol. The van der Waals surface area contributed by atoms with Crippen LogP contribution in [0.3, 0.4) is 0 Å². The molecule has 1 aromatic carbocycles. The Morgan fingerprint density at radius 3 is 2.12 bits per heavy atom. The molecule has 6 nitrogen and oxygen atoms in total. The maximum atomic E-state index is 13.5. The summed E-state index contributed by atoms with van der Waals surface area (Å²) in [5, 5.41) is 15.5. The van der Waals surface area contributed by atoms with Gasteiger partial charge in [-0.05, 0) is 30.5 Å². The molecule has 1 aromatic rings. The number of likely N-dealkylation sites (N-methyl/N-ethyl adjacent to an activating group) is 2. The predicted molar refractivity (Wildman–Crippen MR) is 131 cm³/mol. The van der Waals surface area contributed by atoms with Crippen LogP contribution >= 0.6 is 0 Å². The summed E-state index contributed by atoms with van der Waals surface area (Å²) < 4.78 is 0. The van der Waals surface area contributed by atoms with Gasteiger partial charge in [0.1, 0.15) is 6.04 Å². The van der Waals surface area contributed by atoms with Crippen molar-refractivity contribution < 1.29 is 14.7 Å². The number of hydrogen-bond acceptors (Lipinski definition) is 4. The molecule has 0 aromatic heterocycles. The van der Waals surface area contributed by atoms with Gasteiger partial charge in [-0.15, -0.1) is 6.58 Å². The van der Waals surface area contributed by atoms with E-state index in [2.05, 4.69) is 17.2 Å². The summed E-state index contributed by atoms with van der Waals surface area (Å²) in [6.45, 7) is 15.3. The van der Waals surface area contributed by atoms with Gasteiger partial charge in [0, 0.05) is 12.5 Å². The number of nitrogens with one attached hydrogen (secondary N) is 2. The summed E-state index contributed by atoms with van der Waals surface area (Å²) in [5.41, 5.74) is 0.757. The third-order valence-corrected chi connectivity index (χ3v) is 5.93. The number of aliphatic hydroxyl groups is 1. The highest BCUT2D eigenvalue weighted by Gasteiger charge is 2.41. The topological polar surface area (TPSA) is 81.7 Å². The number of benzene rings is 1. The minimum atomic E-state index is -0.743. The van der Waals surface area contributed by atoms with Gasteiger partial charge in [0.15, 0.2) is 0 Å². The van der Waals surface area contributed by atoms with E-state index in [0.29, 0.717) is 0 Å². The van der Waals surface area contributed by atoms with Crippen molar-refractivity contribution in [2.45, 2.75) is 65.1 Å². The molecule has 0 saturated carbocycles. The highest BCUT2D eigenvalue weighted by Crippen LogP contribution is 2.28. The molecule has 0 radical (unpaired) electrons. The van der Waals surface area contributed by atoms with Gasteiger partial charge in [0.05, 0.1) is 18.7 Å². The number of hydrogen-bond donors (Lipinski definition) is 3. The van der Waals surface area contributed by atoms with Crippen molar-refractivity contribution in [2.24, 2.45) is 5.41 Å². The average molecular weight is 444 g/mol.